The van der Waals surface area contributed by atoms with Gasteiger partial charge in [0.2, 0.25) is 0 Å². The van der Waals surface area contributed by atoms with Crippen LogP contribution in [0.25, 0.3) is 0 Å². The van der Waals surface area contributed by atoms with Gasteiger partial charge in [-0.2, -0.15) is 0 Å². The highest BCUT2D eigenvalue weighted by Gasteiger charge is 2.52. The number of carbonyl (C=O) groups excluding carboxylic acids is 1. The second kappa shape index (κ2) is 9.34. The Morgan fingerprint density at radius 1 is 1.24 bits per heavy atom. The summed E-state index contributed by atoms with van der Waals surface area (Å²) in [6.07, 6.45) is 8.95. The van der Waals surface area contributed by atoms with Crippen molar-refractivity contribution in [2.24, 2.45) is 4.99 Å². The molecule has 2 aliphatic heterocycles. The smallest absolute Gasteiger partial charge is 0.265 e. The first-order chi connectivity index (χ1) is 14.0. The Balaban J connectivity index is 1.69. The minimum absolute atomic E-state index is 0.00120. The van der Waals surface area contributed by atoms with Crippen molar-refractivity contribution in [3.05, 3.63) is 48.2 Å². The van der Waals surface area contributed by atoms with Crippen LogP contribution in [0.3, 0.4) is 0 Å². The maximum Gasteiger partial charge on any atom is 0.265 e. The number of nitrogens with one attached hydrogen (secondary N) is 1. The third-order valence-corrected chi connectivity index (χ3v) is 7.62. The van der Waals surface area contributed by atoms with E-state index in [1.165, 1.54) is 17.6 Å². The zero-order chi connectivity index (χ0) is 20.7. The van der Waals surface area contributed by atoms with Crippen LogP contribution in [0.5, 0.6) is 5.75 Å². The Morgan fingerprint density at radius 2 is 1.97 bits per heavy atom. The molecular weight excluding hydrogens is 396 g/mol. The van der Waals surface area contributed by atoms with Crippen LogP contribution < -0.4 is 10.2 Å². The fourth-order valence-electron chi connectivity index (χ4n) is 3.36. The van der Waals surface area contributed by atoms with Gasteiger partial charge in [-0.1, -0.05) is 6.08 Å². The zero-order valence-electron chi connectivity index (χ0n) is 15.9. The van der Waals surface area contributed by atoms with Crippen LogP contribution in [-0.2, 0) is 19.4 Å². The number of hydrogen-bond donors (Lipinski definition) is 2. The molecule has 2 N–H and O–H groups in total. The number of benzene rings is 1. The third-order valence-electron chi connectivity index (χ3n) is 5.10. The quantitative estimate of drug-likeness (QED) is 0.516. The fraction of sp³-hybridized carbons (Fsp3) is 0.400. The van der Waals surface area contributed by atoms with Crippen LogP contribution in [-0.4, -0.2) is 50.3 Å². The lowest BCUT2D eigenvalue weighted by atomic mass is 9.98. The summed E-state index contributed by atoms with van der Waals surface area (Å²) in [6, 6.07) is 5.97. The average molecular weight is 420 g/mol. The van der Waals surface area contributed by atoms with E-state index in [1.807, 2.05) is 18.4 Å². The molecule has 156 valence electrons. The highest BCUT2D eigenvalue weighted by molar-refractivity contribution is 7.93. The van der Waals surface area contributed by atoms with E-state index in [4.69, 9.17) is 14.7 Å². The molecule has 3 rings (SSSR count). The Bertz CT molecular complexity index is 913. The highest BCUT2D eigenvalue weighted by Crippen LogP contribution is 2.35. The van der Waals surface area contributed by atoms with Crippen molar-refractivity contribution >= 4 is 22.0 Å². The molecule has 0 aliphatic carbocycles. The molecule has 1 fully saturated rings. The van der Waals surface area contributed by atoms with Crippen molar-refractivity contribution in [1.29, 1.82) is 0 Å². The van der Waals surface area contributed by atoms with Crippen LogP contribution >= 0.6 is 0 Å². The lowest BCUT2D eigenvalue weighted by molar-refractivity contribution is -0.134. The van der Waals surface area contributed by atoms with E-state index >= 15 is 0 Å². The first-order valence-corrected chi connectivity index (χ1v) is 10.8. The summed E-state index contributed by atoms with van der Waals surface area (Å²) in [5.74, 6) is -0.403. The van der Waals surface area contributed by atoms with E-state index in [9.17, 15) is 13.2 Å². The van der Waals surface area contributed by atoms with Crippen molar-refractivity contribution < 1.29 is 27.9 Å². The van der Waals surface area contributed by atoms with Crippen LogP contribution in [0.4, 0.5) is 0 Å². The molecule has 0 aromatic heterocycles. The Hall–Kier alpha value is -2.49. The maximum atomic E-state index is 13.2. The van der Waals surface area contributed by atoms with E-state index in [-0.39, 0.29) is 31.0 Å². The molecule has 29 heavy (non-hydrogen) atoms. The summed E-state index contributed by atoms with van der Waals surface area (Å²) in [6.45, 7) is 0.696. The largest absolute Gasteiger partial charge is 0.493 e. The third kappa shape index (κ3) is 4.58. The van der Waals surface area contributed by atoms with Crippen molar-refractivity contribution in [2.75, 3.05) is 19.8 Å². The van der Waals surface area contributed by atoms with Gasteiger partial charge in [0.05, 0.1) is 11.5 Å². The summed E-state index contributed by atoms with van der Waals surface area (Å²) in [5.41, 5.74) is 2.65. The Kier molecular flexibility index (Phi) is 6.83. The van der Waals surface area contributed by atoms with Crippen molar-refractivity contribution in [3.63, 3.8) is 0 Å². The molecular formula is C20H24N2O6S. The second-order valence-electron chi connectivity index (χ2n) is 6.84. The monoisotopic (exact) mass is 420 g/mol. The van der Waals surface area contributed by atoms with E-state index < -0.39 is 20.5 Å². The van der Waals surface area contributed by atoms with Crippen molar-refractivity contribution in [2.45, 2.75) is 35.3 Å². The molecule has 0 unspecified atom stereocenters. The molecule has 0 saturated carbocycles. The number of carbonyl (C=O) groups is 1. The maximum absolute atomic E-state index is 13.2. The van der Waals surface area contributed by atoms with Crippen LogP contribution in [0.1, 0.15) is 25.7 Å². The molecule has 1 aromatic carbocycles. The second-order valence-corrected chi connectivity index (χ2v) is 9.10. The lowest BCUT2D eigenvalue weighted by Gasteiger charge is -2.34. The van der Waals surface area contributed by atoms with Crippen LogP contribution in [0.2, 0.25) is 0 Å². The van der Waals surface area contributed by atoms with Gasteiger partial charge in [-0.05, 0) is 55.2 Å². The Labute approximate surface area is 169 Å². The van der Waals surface area contributed by atoms with Gasteiger partial charge in [0.1, 0.15) is 5.75 Å². The summed E-state index contributed by atoms with van der Waals surface area (Å²) in [7, 11) is -4.03. The number of hydrogen-bond acceptors (Lipinski definition) is 7. The number of nitrogens with zero attached hydrogens (tertiary/aromatic N) is 1. The molecule has 1 amide bonds. The minimum Gasteiger partial charge on any atom is -0.493 e. The van der Waals surface area contributed by atoms with Gasteiger partial charge in [0, 0.05) is 32.0 Å². The minimum atomic E-state index is -4.03. The number of amides is 1. The van der Waals surface area contributed by atoms with E-state index in [2.05, 4.69) is 4.99 Å². The molecule has 0 radical (unpaired) electrons. The molecule has 1 aromatic rings. The predicted octanol–water partition coefficient (Wildman–Crippen LogP) is 2.20. The molecule has 9 heteroatoms. The number of sulfone groups is 1. The summed E-state index contributed by atoms with van der Waals surface area (Å²) in [4.78, 5) is 16.4. The topological polar surface area (TPSA) is 114 Å². The van der Waals surface area contributed by atoms with Gasteiger partial charge in [0.25, 0.3) is 5.91 Å². The average Bonchev–Trinajstić information content (AvgIpc) is 3.03. The standard InChI is InChI=1S/C20H24N2O6S/c23-19(22-24)20(9-13-27-14-10-20)29(25,26)18-6-4-17(5-7-18)28-12-8-16-3-1-2-11-21-15-16/h1-2,4-7,11,15,24H,3,8-10,12-14H2,(H,22,23). The van der Waals surface area contributed by atoms with E-state index in [0.29, 0.717) is 18.8 Å². The highest BCUT2D eigenvalue weighted by atomic mass is 32.2. The molecule has 8 nitrogen and oxygen atoms in total. The van der Waals surface area contributed by atoms with Gasteiger partial charge in [-0.15, -0.1) is 0 Å². The summed E-state index contributed by atoms with van der Waals surface area (Å²) in [5, 5.41) is 9.09. The van der Waals surface area contributed by atoms with Gasteiger partial charge in [-0.3, -0.25) is 15.0 Å². The number of aliphatic imine (C=N–C) groups is 1. The number of hydroxylamine groups is 1. The molecule has 0 bridgehead atoms. The number of allylic oxidation sites excluding steroid dienone is 2. The number of rotatable bonds is 7. The molecule has 1 saturated heterocycles. The Morgan fingerprint density at radius 3 is 2.66 bits per heavy atom. The van der Waals surface area contributed by atoms with E-state index in [0.717, 1.165) is 12.0 Å². The number of ether oxygens (including phenoxy) is 2. The zero-order valence-corrected chi connectivity index (χ0v) is 16.7. The molecule has 2 aliphatic rings. The predicted molar refractivity (Wildman–Crippen MR) is 107 cm³/mol. The van der Waals surface area contributed by atoms with E-state index in [1.54, 1.807) is 18.3 Å². The summed E-state index contributed by atoms with van der Waals surface area (Å²) < 4.78 is 35.5. The lowest BCUT2D eigenvalue weighted by Crippen LogP contribution is -2.54. The first-order valence-electron chi connectivity index (χ1n) is 9.36. The summed E-state index contributed by atoms with van der Waals surface area (Å²) >= 11 is 0. The van der Waals surface area contributed by atoms with Crippen molar-refractivity contribution in [1.82, 2.24) is 5.48 Å². The molecule has 0 spiro atoms. The van der Waals surface area contributed by atoms with Gasteiger partial charge < -0.3 is 9.47 Å². The van der Waals surface area contributed by atoms with Crippen LogP contribution in [0, 0.1) is 0 Å². The molecule has 0 atom stereocenters. The molecule has 2 heterocycles. The SMILES string of the molecule is O=C(NO)C1(S(=O)(=O)c2ccc(OCCC3=CN=CC=CC3)cc2)CCOCC1. The normalized spacial score (nSPS) is 18.6. The fourth-order valence-corrected chi connectivity index (χ4v) is 5.30. The first kappa shape index (κ1) is 21.2. The van der Waals surface area contributed by atoms with Crippen molar-refractivity contribution in [3.8, 4) is 5.75 Å². The van der Waals surface area contributed by atoms with Gasteiger partial charge in [-0.25, -0.2) is 13.9 Å². The van der Waals surface area contributed by atoms with Crippen LogP contribution in [0.15, 0.2) is 58.1 Å². The van der Waals surface area contributed by atoms with Gasteiger partial charge in [0.15, 0.2) is 14.6 Å². The van der Waals surface area contributed by atoms with Gasteiger partial charge >= 0.3 is 0 Å².